The van der Waals surface area contributed by atoms with Crippen molar-refractivity contribution in [2.75, 3.05) is 18.0 Å². The molecule has 86 valence electrons. The summed E-state index contributed by atoms with van der Waals surface area (Å²) in [7, 11) is 0. The molecule has 1 aliphatic heterocycles. The predicted octanol–water partition coefficient (Wildman–Crippen LogP) is 1.98. The van der Waals surface area contributed by atoms with E-state index >= 15 is 0 Å². The number of hydrogen-bond donors (Lipinski definition) is 0. The number of aromatic nitrogens is 2. The molecule has 1 fully saturated rings. The minimum absolute atomic E-state index is 0.260. The normalized spacial score (nSPS) is 15.5. The van der Waals surface area contributed by atoms with E-state index in [1.807, 2.05) is 34.8 Å². The predicted molar refractivity (Wildman–Crippen MR) is 67.2 cm³/mol. The molecule has 1 saturated heterocycles. The van der Waals surface area contributed by atoms with Crippen molar-refractivity contribution in [2.45, 2.75) is 6.42 Å². The first-order valence-corrected chi connectivity index (χ1v) is 6.33. The number of carbonyl (C=O) groups excluding carboxylic acids is 1. The second-order valence-electron chi connectivity index (χ2n) is 3.96. The fourth-order valence-electron chi connectivity index (χ4n) is 1.86. The SMILES string of the molecule is O=C1CCN(c2ncc(-c3cccs3)cn2)C1. The number of thiophene rings is 1. The lowest BCUT2D eigenvalue weighted by Crippen LogP contribution is -2.21. The van der Waals surface area contributed by atoms with Gasteiger partial charge < -0.3 is 4.90 Å². The standard InChI is InChI=1S/C12H11N3OS/c16-10-3-4-15(8-10)12-13-6-9(7-14-12)11-2-1-5-17-11/h1-2,5-7H,3-4,8H2. The Morgan fingerprint density at radius 2 is 2.12 bits per heavy atom. The van der Waals surface area contributed by atoms with Gasteiger partial charge in [0.2, 0.25) is 5.95 Å². The highest BCUT2D eigenvalue weighted by Crippen LogP contribution is 2.24. The van der Waals surface area contributed by atoms with E-state index in [9.17, 15) is 4.79 Å². The second kappa shape index (κ2) is 4.25. The largest absolute Gasteiger partial charge is 0.333 e. The van der Waals surface area contributed by atoms with E-state index in [2.05, 4.69) is 9.97 Å². The number of hydrogen-bond acceptors (Lipinski definition) is 5. The zero-order valence-corrected chi connectivity index (χ0v) is 9.98. The van der Waals surface area contributed by atoms with Crippen LogP contribution in [0.2, 0.25) is 0 Å². The Morgan fingerprint density at radius 3 is 2.71 bits per heavy atom. The van der Waals surface area contributed by atoms with E-state index in [1.54, 1.807) is 11.3 Å². The zero-order chi connectivity index (χ0) is 11.7. The van der Waals surface area contributed by atoms with Gasteiger partial charge in [-0.2, -0.15) is 0 Å². The first-order valence-electron chi connectivity index (χ1n) is 5.45. The lowest BCUT2D eigenvalue weighted by molar-refractivity contribution is -0.116. The molecular formula is C12H11N3OS. The lowest BCUT2D eigenvalue weighted by Gasteiger charge is -2.13. The van der Waals surface area contributed by atoms with E-state index in [0.717, 1.165) is 17.0 Å². The van der Waals surface area contributed by atoms with Gasteiger partial charge in [0.15, 0.2) is 5.78 Å². The summed E-state index contributed by atoms with van der Waals surface area (Å²) in [6.07, 6.45) is 4.24. The van der Waals surface area contributed by atoms with Gasteiger partial charge in [0.05, 0.1) is 6.54 Å². The van der Waals surface area contributed by atoms with Gasteiger partial charge in [0.25, 0.3) is 0 Å². The highest BCUT2D eigenvalue weighted by molar-refractivity contribution is 7.13. The topological polar surface area (TPSA) is 46.1 Å². The van der Waals surface area contributed by atoms with Gasteiger partial charge in [-0.25, -0.2) is 9.97 Å². The van der Waals surface area contributed by atoms with Crippen LogP contribution < -0.4 is 4.90 Å². The van der Waals surface area contributed by atoms with Crippen LogP contribution >= 0.6 is 11.3 Å². The third kappa shape index (κ3) is 2.06. The van der Waals surface area contributed by atoms with Gasteiger partial charge in [0, 0.05) is 35.8 Å². The Morgan fingerprint density at radius 1 is 1.29 bits per heavy atom. The van der Waals surface area contributed by atoms with Crippen molar-refractivity contribution in [3.63, 3.8) is 0 Å². The summed E-state index contributed by atoms with van der Waals surface area (Å²) < 4.78 is 0. The Kier molecular flexibility index (Phi) is 2.60. The van der Waals surface area contributed by atoms with E-state index < -0.39 is 0 Å². The summed E-state index contributed by atoms with van der Waals surface area (Å²) in [6, 6.07) is 4.05. The highest BCUT2D eigenvalue weighted by atomic mass is 32.1. The third-order valence-corrected chi connectivity index (χ3v) is 3.67. The van der Waals surface area contributed by atoms with Crippen molar-refractivity contribution in [1.29, 1.82) is 0 Å². The smallest absolute Gasteiger partial charge is 0.225 e. The number of ketones is 1. The Balaban J connectivity index is 1.83. The van der Waals surface area contributed by atoms with Crippen LogP contribution in [0.1, 0.15) is 6.42 Å². The van der Waals surface area contributed by atoms with Crippen molar-refractivity contribution in [3.8, 4) is 10.4 Å². The van der Waals surface area contributed by atoms with Gasteiger partial charge >= 0.3 is 0 Å². The summed E-state index contributed by atoms with van der Waals surface area (Å²) in [5.41, 5.74) is 1.02. The second-order valence-corrected chi connectivity index (χ2v) is 4.91. The molecule has 0 amide bonds. The molecule has 0 bridgehead atoms. The maximum Gasteiger partial charge on any atom is 0.225 e. The minimum Gasteiger partial charge on any atom is -0.333 e. The minimum atomic E-state index is 0.260. The summed E-state index contributed by atoms with van der Waals surface area (Å²) in [4.78, 5) is 22.9. The van der Waals surface area contributed by atoms with Crippen LogP contribution in [0.25, 0.3) is 10.4 Å². The third-order valence-electron chi connectivity index (χ3n) is 2.75. The number of carbonyl (C=O) groups is 1. The van der Waals surface area contributed by atoms with Crippen LogP contribution in [0.3, 0.4) is 0 Å². The Hall–Kier alpha value is -1.75. The number of nitrogens with zero attached hydrogens (tertiary/aromatic N) is 3. The quantitative estimate of drug-likeness (QED) is 0.811. The molecule has 0 atom stereocenters. The molecule has 3 rings (SSSR count). The Bertz CT molecular complexity index is 521. The van der Waals surface area contributed by atoms with Crippen LogP contribution in [0.15, 0.2) is 29.9 Å². The van der Waals surface area contributed by atoms with Gasteiger partial charge in [-0.3, -0.25) is 4.79 Å². The van der Waals surface area contributed by atoms with Gasteiger partial charge in [-0.1, -0.05) is 6.07 Å². The van der Waals surface area contributed by atoms with E-state index in [4.69, 9.17) is 0 Å². The van der Waals surface area contributed by atoms with Crippen molar-refractivity contribution in [2.24, 2.45) is 0 Å². The molecule has 0 aromatic carbocycles. The monoisotopic (exact) mass is 245 g/mol. The molecule has 2 aromatic rings. The fourth-order valence-corrected chi connectivity index (χ4v) is 2.56. The summed E-state index contributed by atoms with van der Waals surface area (Å²) in [5, 5.41) is 2.03. The summed E-state index contributed by atoms with van der Waals surface area (Å²) in [5.74, 6) is 0.909. The highest BCUT2D eigenvalue weighted by Gasteiger charge is 2.21. The van der Waals surface area contributed by atoms with Crippen LogP contribution in [0.5, 0.6) is 0 Å². The maximum absolute atomic E-state index is 11.2. The van der Waals surface area contributed by atoms with Gasteiger partial charge in [0.1, 0.15) is 0 Å². The average Bonchev–Trinajstić information content (AvgIpc) is 3.00. The molecule has 1 aliphatic rings. The van der Waals surface area contributed by atoms with E-state index in [1.165, 1.54) is 0 Å². The molecule has 0 aliphatic carbocycles. The molecular weight excluding hydrogens is 234 g/mol. The zero-order valence-electron chi connectivity index (χ0n) is 9.17. The van der Waals surface area contributed by atoms with Crippen LogP contribution in [-0.4, -0.2) is 28.8 Å². The lowest BCUT2D eigenvalue weighted by atomic mass is 10.3. The van der Waals surface area contributed by atoms with Gasteiger partial charge in [-0.15, -0.1) is 11.3 Å². The van der Waals surface area contributed by atoms with Crippen LogP contribution in [0, 0.1) is 0 Å². The first-order chi connectivity index (χ1) is 8.33. The summed E-state index contributed by atoms with van der Waals surface area (Å²) in [6.45, 7) is 1.18. The molecule has 3 heterocycles. The first kappa shape index (κ1) is 10.4. The molecule has 0 spiro atoms. The van der Waals surface area contributed by atoms with Crippen molar-refractivity contribution in [1.82, 2.24) is 9.97 Å². The maximum atomic E-state index is 11.2. The number of rotatable bonds is 2. The van der Waals surface area contributed by atoms with Crippen molar-refractivity contribution < 1.29 is 4.79 Å². The summed E-state index contributed by atoms with van der Waals surface area (Å²) >= 11 is 1.67. The van der Waals surface area contributed by atoms with Gasteiger partial charge in [-0.05, 0) is 11.4 Å². The molecule has 0 saturated carbocycles. The van der Waals surface area contributed by atoms with Crippen molar-refractivity contribution in [3.05, 3.63) is 29.9 Å². The molecule has 0 radical (unpaired) electrons. The van der Waals surface area contributed by atoms with E-state index in [0.29, 0.717) is 18.9 Å². The van der Waals surface area contributed by atoms with Crippen LogP contribution in [0.4, 0.5) is 5.95 Å². The van der Waals surface area contributed by atoms with E-state index in [-0.39, 0.29) is 5.78 Å². The molecule has 17 heavy (non-hydrogen) atoms. The number of anilines is 1. The molecule has 2 aromatic heterocycles. The molecule has 0 N–H and O–H groups in total. The average molecular weight is 245 g/mol. The van der Waals surface area contributed by atoms with Crippen LogP contribution in [-0.2, 0) is 4.79 Å². The Labute approximate surface area is 103 Å². The fraction of sp³-hybridized carbons (Fsp3) is 0.250. The molecule has 0 unspecified atom stereocenters. The van der Waals surface area contributed by atoms with Crippen molar-refractivity contribution >= 4 is 23.1 Å². The molecule has 4 nitrogen and oxygen atoms in total. The molecule has 5 heteroatoms. The number of Topliss-reactive ketones (excluding diaryl/α,β-unsaturated/α-hetero) is 1.